The van der Waals surface area contributed by atoms with Gasteiger partial charge >= 0.3 is 5.76 Å². The summed E-state index contributed by atoms with van der Waals surface area (Å²) in [6.07, 6.45) is 0.809. The van der Waals surface area contributed by atoms with Crippen LogP contribution in [0, 0.1) is 13.8 Å². The molecule has 0 saturated heterocycles. The fraction of sp³-hybridized carbons (Fsp3) is 0.250. The van der Waals surface area contributed by atoms with E-state index in [1.54, 1.807) is 18.3 Å². The molecule has 0 aliphatic heterocycles. The van der Waals surface area contributed by atoms with Crippen LogP contribution in [0.5, 0.6) is 0 Å². The van der Waals surface area contributed by atoms with Crippen molar-refractivity contribution >= 4 is 11.2 Å². The largest absolute Gasteiger partial charge is 0.421 e. The predicted octanol–water partition coefficient (Wildman–Crippen LogP) is 2.34. The van der Waals surface area contributed by atoms with Crippen molar-refractivity contribution in [2.75, 3.05) is 0 Å². The molecule has 2 heterocycles. The third kappa shape index (κ3) is 2.48. The molecule has 0 saturated carbocycles. The highest BCUT2D eigenvalue weighted by Gasteiger charge is 2.16. The number of nitrogens with zero attached hydrogens (tertiary/aromatic N) is 2. The molecule has 0 bridgehead atoms. The lowest BCUT2D eigenvalue weighted by Gasteiger charge is -2.14. The summed E-state index contributed by atoms with van der Waals surface area (Å²) >= 11 is 0. The van der Waals surface area contributed by atoms with E-state index in [-0.39, 0.29) is 6.54 Å². The second-order valence-corrected chi connectivity index (χ2v) is 5.18. The number of pyridine rings is 1. The summed E-state index contributed by atoms with van der Waals surface area (Å²) in [4.78, 5) is 16.0. The number of rotatable bonds is 3. The summed E-state index contributed by atoms with van der Waals surface area (Å²) in [7, 11) is 0. The number of fused-ring (bicyclic) bond motifs is 1. The Morgan fingerprint density at radius 2 is 2.14 bits per heavy atom. The molecule has 21 heavy (non-hydrogen) atoms. The van der Waals surface area contributed by atoms with Gasteiger partial charge in [-0.05, 0) is 37.1 Å². The fourth-order valence-corrected chi connectivity index (χ4v) is 2.45. The number of oxazole rings is 1. The number of aliphatic hydroxyl groups excluding tert-OH is 1. The topological polar surface area (TPSA) is 68.3 Å². The molecule has 3 rings (SSSR count). The summed E-state index contributed by atoms with van der Waals surface area (Å²) in [6, 6.07) is 9.27. The van der Waals surface area contributed by atoms with Crippen molar-refractivity contribution in [2.45, 2.75) is 26.5 Å². The van der Waals surface area contributed by atoms with Gasteiger partial charge in [0.25, 0.3) is 0 Å². The standard InChI is InChI=1S/C16H16N2O3/c1-10-5-6-11(2)12(8-10)13(19)9-18-15-14(21-16(18)20)4-3-7-17-15/h3-8,13,19H,9H2,1-2H3. The predicted molar refractivity (Wildman–Crippen MR) is 79.1 cm³/mol. The van der Waals surface area contributed by atoms with Crippen molar-refractivity contribution in [1.82, 2.24) is 9.55 Å². The summed E-state index contributed by atoms with van der Waals surface area (Å²) in [5.74, 6) is -0.506. The Bertz CT molecular complexity index is 848. The minimum Gasteiger partial charge on any atom is -0.406 e. The van der Waals surface area contributed by atoms with Gasteiger partial charge in [-0.1, -0.05) is 23.8 Å². The molecule has 0 radical (unpaired) electrons. The number of aromatic nitrogens is 2. The first-order valence-corrected chi connectivity index (χ1v) is 6.76. The van der Waals surface area contributed by atoms with E-state index in [4.69, 9.17) is 4.42 Å². The average Bonchev–Trinajstić information content (AvgIpc) is 2.78. The van der Waals surface area contributed by atoms with Gasteiger partial charge in [0.15, 0.2) is 11.2 Å². The Morgan fingerprint density at radius 1 is 1.33 bits per heavy atom. The Hall–Kier alpha value is -2.40. The molecular formula is C16H16N2O3. The first-order chi connectivity index (χ1) is 10.1. The van der Waals surface area contributed by atoms with E-state index in [1.165, 1.54) is 4.57 Å². The molecule has 0 aliphatic rings. The summed E-state index contributed by atoms with van der Waals surface area (Å²) in [6.45, 7) is 4.02. The molecule has 3 aromatic rings. The zero-order valence-electron chi connectivity index (χ0n) is 11.9. The Balaban J connectivity index is 2.00. The quantitative estimate of drug-likeness (QED) is 0.801. The number of aliphatic hydroxyl groups is 1. The molecule has 5 nitrogen and oxygen atoms in total. The zero-order valence-corrected chi connectivity index (χ0v) is 11.9. The van der Waals surface area contributed by atoms with Crippen LogP contribution in [0.25, 0.3) is 11.2 Å². The van der Waals surface area contributed by atoms with E-state index in [2.05, 4.69) is 4.98 Å². The fourth-order valence-electron chi connectivity index (χ4n) is 2.45. The average molecular weight is 284 g/mol. The lowest BCUT2D eigenvalue weighted by molar-refractivity contribution is 0.154. The van der Waals surface area contributed by atoms with E-state index in [1.807, 2.05) is 32.0 Å². The molecule has 0 spiro atoms. The van der Waals surface area contributed by atoms with Crippen molar-refractivity contribution in [1.29, 1.82) is 0 Å². The minimum absolute atomic E-state index is 0.118. The maximum atomic E-state index is 11.9. The van der Waals surface area contributed by atoms with Gasteiger partial charge in [-0.2, -0.15) is 0 Å². The number of aryl methyl sites for hydroxylation is 2. The monoisotopic (exact) mass is 284 g/mol. The highest BCUT2D eigenvalue weighted by Crippen LogP contribution is 2.21. The van der Waals surface area contributed by atoms with Crippen LogP contribution >= 0.6 is 0 Å². The van der Waals surface area contributed by atoms with Crippen molar-refractivity contribution in [3.05, 3.63) is 63.8 Å². The lowest BCUT2D eigenvalue weighted by Crippen LogP contribution is -2.19. The molecule has 0 fully saturated rings. The molecule has 5 heteroatoms. The van der Waals surface area contributed by atoms with Crippen molar-refractivity contribution in [2.24, 2.45) is 0 Å². The minimum atomic E-state index is -0.787. The van der Waals surface area contributed by atoms with Gasteiger partial charge in [0, 0.05) is 6.20 Å². The third-order valence-electron chi connectivity index (χ3n) is 3.57. The second kappa shape index (κ2) is 5.18. The van der Waals surface area contributed by atoms with Gasteiger partial charge < -0.3 is 9.52 Å². The molecular weight excluding hydrogens is 268 g/mol. The summed E-state index contributed by atoms with van der Waals surface area (Å²) < 4.78 is 6.49. The maximum absolute atomic E-state index is 11.9. The smallest absolute Gasteiger partial charge is 0.406 e. The second-order valence-electron chi connectivity index (χ2n) is 5.18. The summed E-state index contributed by atoms with van der Waals surface area (Å²) in [5, 5.41) is 10.5. The Labute approximate surface area is 121 Å². The van der Waals surface area contributed by atoms with E-state index < -0.39 is 11.9 Å². The number of benzene rings is 1. The van der Waals surface area contributed by atoms with E-state index in [9.17, 15) is 9.90 Å². The molecule has 1 unspecified atom stereocenters. The van der Waals surface area contributed by atoms with Crippen molar-refractivity contribution < 1.29 is 9.52 Å². The lowest BCUT2D eigenvalue weighted by atomic mass is 10.0. The normalized spacial score (nSPS) is 12.7. The van der Waals surface area contributed by atoms with Crippen LogP contribution in [0.2, 0.25) is 0 Å². The Morgan fingerprint density at radius 3 is 2.95 bits per heavy atom. The van der Waals surface area contributed by atoms with Gasteiger partial charge in [-0.3, -0.25) is 4.57 Å². The molecule has 1 atom stereocenters. The van der Waals surface area contributed by atoms with Gasteiger partial charge in [-0.15, -0.1) is 0 Å². The van der Waals surface area contributed by atoms with E-state index in [0.29, 0.717) is 11.2 Å². The molecule has 108 valence electrons. The van der Waals surface area contributed by atoms with Crippen LogP contribution in [0.1, 0.15) is 22.8 Å². The van der Waals surface area contributed by atoms with E-state index in [0.717, 1.165) is 16.7 Å². The van der Waals surface area contributed by atoms with Crippen LogP contribution in [-0.4, -0.2) is 14.7 Å². The van der Waals surface area contributed by atoms with Gasteiger partial charge in [-0.25, -0.2) is 9.78 Å². The highest BCUT2D eigenvalue weighted by atomic mass is 16.4. The first kappa shape index (κ1) is 13.6. The van der Waals surface area contributed by atoms with E-state index >= 15 is 0 Å². The number of hydrogen-bond acceptors (Lipinski definition) is 4. The van der Waals surface area contributed by atoms with Crippen molar-refractivity contribution in [3.8, 4) is 0 Å². The van der Waals surface area contributed by atoms with Crippen LogP contribution < -0.4 is 5.76 Å². The Kier molecular flexibility index (Phi) is 3.35. The SMILES string of the molecule is Cc1ccc(C)c(C(O)Cn2c(=O)oc3cccnc32)c1. The summed E-state index contributed by atoms with van der Waals surface area (Å²) in [5.41, 5.74) is 3.74. The molecule has 1 N–H and O–H groups in total. The molecule has 0 amide bonds. The maximum Gasteiger partial charge on any atom is 0.421 e. The molecule has 1 aromatic carbocycles. The van der Waals surface area contributed by atoms with Crippen LogP contribution in [0.15, 0.2) is 45.7 Å². The first-order valence-electron chi connectivity index (χ1n) is 6.76. The van der Waals surface area contributed by atoms with Crippen LogP contribution in [0.3, 0.4) is 0 Å². The zero-order chi connectivity index (χ0) is 15.0. The highest BCUT2D eigenvalue weighted by molar-refractivity contribution is 5.67. The third-order valence-corrected chi connectivity index (χ3v) is 3.57. The van der Waals surface area contributed by atoms with Gasteiger partial charge in [0.05, 0.1) is 12.6 Å². The van der Waals surface area contributed by atoms with Gasteiger partial charge in [0.1, 0.15) is 0 Å². The van der Waals surface area contributed by atoms with Crippen molar-refractivity contribution in [3.63, 3.8) is 0 Å². The molecule has 0 aliphatic carbocycles. The van der Waals surface area contributed by atoms with Crippen LogP contribution in [-0.2, 0) is 6.54 Å². The number of hydrogen-bond donors (Lipinski definition) is 1. The van der Waals surface area contributed by atoms with Gasteiger partial charge in [0.2, 0.25) is 0 Å². The molecule has 2 aromatic heterocycles. The van der Waals surface area contributed by atoms with Crippen LogP contribution in [0.4, 0.5) is 0 Å².